The molecule has 1 fully saturated rings. The van der Waals surface area contributed by atoms with Crippen molar-refractivity contribution in [3.63, 3.8) is 0 Å². The predicted octanol–water partition coefficient (Wildman–Crippen LogP) is 0.101. The third-order valence-electron chi connectivity index (χ3n) is 2.43. The summed E-state index contributed by atoms with van der Waals surface area (Å²) in [5, 5.41) is 3.18. The third kappa shape index (κ3) is 4.23. The van der Waals surface area contributed by atoms with Gasteiger partial charge in [-0.15, -0.1) is 0 Å². The van der Waals surface area contributed by atoms with Gasteiger partial charge in [-0.2, -0.15) is 0 Å². The fourth-order valence-corrected chi connectivity index (χ4v) is 4.03. The van der Waals surface area contributed by atoms with Gasteiger partial charge in [0.05, 0.1) is 23.7 Å². The Hall–Kier alpha value is -0.400. The van der Waals surface area contributed by atoms with Crippen LogP contribution in [0.5, 0.6) is 0 Å². The van der Waals surface area contributed by atoms with Gasteiger partial charge in [-0.05, 0) is 25.6 Å². The zero-order chi connectivity index (χ0) is 12.2. The number of hydrogen-bond donors (Lipinski definition) is 1. The Morgan fingerprint density at radius 3 is 2.69 bits per heavy atom. The fourth-order valence-electron chi connectivity index (χ4n) is 1.61. The van der Waals surface area contributed by atoms with Crippen molar-refractivity contribution in [3.05, 3.63) is 0 Å². The van der Waals surface area contributed by atoms with Gasteiger partial charge in [-0.25, -0.2) is 8.42 Å². The monoisotopic (exact) mass is 267 g/mol. The Morgan fingerprint density at radius 2 is 2.19 bits per heavy atom. The van der Waals surface area contributed by atoms with Gasteiger partial charge < -0.3 is 14.8 Å². The van der Waals surface area contributed by atoms with Crippen molar-refractivity contribution < 1.29 is 17.9 Å². The SMILES string of the molecule is COCCOC(=S)N[C@]1(C)CCS(=O)(=O)C1. The smallest absolute Gasteiger partial charge is 0.257 e. The maximum absolute atomic E-state index is 11.3. The molecule has 1 N–H and O–H groups in total. The minimum Gasteiger partial charge on any atom is -0.469 e. The topological polar surface area (TPSA) is 64.6 Å². The van der Waals surface area contributed by atoms with E-state index >= 15 is 0 Å². The molecule has 0 spiro atoms. The van der Waals surface area contributed by atoms with Gasteiger partial charge in [0.15, 0.2) is 9.84 Å². The molecule has 0 unspecified atom stereocenters. The number of methoxy groups -OCH3 is 1. The van der Waals surface area contributed by atoms with Crippen molar-refractivity contribution in [2.45, 2.75) is 18.9 Å². The molecule has 1 saturated heterocycles. The van der Waals surface area contributed by atoms with Crippen molar-refractivity contribution in [2.24, 2.45) is 0 Å². The van der Waals surface area contributed by atoms with Crippen molar-refractivity contribution in [3.8, 4) is 0 Å². The molecule has 0 bridgehead atoms. The van der Waals surface area contributed by atoms with E-state index in [2.05, 4.69) is 5.32 Å². The first-order valence-corrected chi connectivity index (χ1v) is 7.24. The normalized spacial score (nSPS) is 27.6. The summed E-state index contributed by atoms with van der Waals surface area (Å²) in [6.45, 7) is 2.66. The zero-order valence-corrected chi connectivity index (χ0v) is 11.1. The molecule has 94 valence electrons. The minimum absolute atomic E-state index is 0.105. The number of rotatable bonds is 4. The average molecular weight is 267 g/mol. The van der Waals surface area contributed by atoms with Crippen LogP contribution >= 0.6 is 12.2 Å². The Kier molecular flexibility index (Phi) is 4.52. The van der Waals surface area contributed by atoms with Gasteiger partial charge in [-0.1, -0.05) is 0 Å². The third-order valence-corrected chi connectivity index (χ3v) is 4.55. The molecule has 0 amide bonds. The van der Waals surface area contributed by atoms with Crippen molar-refractivity contribution >= 4 is 27.2 Å². The van der Waals surface area contributed by atoms with E-state index in [9.17, 15) is 8.42 Å². The minimum atomic E-state index is -2.93. The van der Waals surface area contributed by atoms with E-state index in [0.717, 1.165) is 0 Å². The molecule has 1 heterocycles. The molecular formula is C9H17NO4S2. The molecule has 0 aromatic carbocycles. The average Bonchev–Trinajstić information content (AvgIpc) is 2.40. The van der Waals surface area contributed by atoms with Crippen molar-refractivity contribution in [1.29, 1.82) is 0 Å². The lowest BCUT2D eigenvalue weighted by Crippen LogP contribution is -2.47. The summed E-state index contributed by atoms with van der Waals surface area (Å²) in [4.78, 5) is 0. The number of hydrogen-bond acceptors (Lipinski definition) is 5. The van der Waals surface area contributed by atoms with Crippen LogP contribution in [-0.4, -0.2) is 51.0 Å². The summed E-state index contributed by atoms with van der Waals surface area (Å²) in [6.07, 6.45) is 0.559. The molecule has 7 heteroatoms. The highest BCUT2D eigenvalue weighted by molar-refractivity contribution is 7.91. The van der Waals surface area contributed by atoms with Crippen LogP contribution in [0.1, 0.15) is 13.3 Å². The largest absolute Gasteiger partial charge is 0.469 e. The molecule has 0 aromatic heterocycles. The number of sulfone groups is 1. The molecule has 0 radical (unpaired) electrons. The highest BCUT2D eigenvalue weighted by Crippen LogP contribution is 2.22. The first kappa shape index (κ1) is 13.7. The van der Waals surface area contributed by atoms with Crippen LogP contribution in [0.3, 0.4) is 0 Å². The quantitative estimate of drug-likeness (QED) is 0.576. The number of ether oxygens (including phenoxy) is 2. The Morgan fingerprint density at radius 1 is 1.50 bits per heavy atom. The molecule has 0 saturated carbocycles. The predicted molar refractivity (Wildman–Crippen MR) is 65.2 cm³/mol. The Balaban J connectivity index is 2.39. The van der Waals surface area contributed by atoms with E-state index in [-0.39, 0.29) is 16.7 Å². The second-order valence-electron chi connectivity index (χ2n) is 4.16. The van der Waals surface area contributed by atoms with Crippen LogP contribution in [0.15, 0.2) is 0 Å². The second kappa shape index (κ2) is 5.29. The Labute approximate surface area is 101 Å². The molecule has 1 aliphatic heterocycles. The fraction of sp³-hybridized carbons (Fsp3) is 0.889. The van der Waals surface area contributed by atoms with Crippen LogP contribution in [-0.2, 0) is 19.3 Å². The van der Waals surface area contributed by atoms with Crippen LogP contribution in [0.2, 0.25) is 0 Å². The number of nitrogens with one attached hydrogen (secondary N) is 1. The van der Waals surface area contributed by atoms with Crippen LogP contribution in [0, 0.1) is 0 Å². The van der Waals surface area contributed by atoms with Gasteiger partial charge in [0.25, 0.3) is 5.17 Å². The summed E-state index contributed by atoms with van der Waals surface area (Å²) < 4.78 is 32.7. The first-order chi connectivity index (χ1) is 7.37. The van der Waals surface area contributed by atoms with Crippen molar-refractivity contribution in [2.75, 3.05) is 31.8 Å². The first-order valence-electron chi connectivity index (χ1n) is 5.01. The summed E-state index contributed by atoms with van der Waals surface area (Å²) in [7, 11) is -1.35. The lowest BCUT2D eigenvalue weighted by molar-refractivity contribution is 0.138. The molecule has 1 rings (SSSR count). The Bertz CT molecular complexity index is 355. The maximum atomic E-state index is 11.3. The summed E-state index contributed by atoms with van der Waals surface area (Å²) in [6, 6.07) is 0. The van der Waals surface area contributed by atoms with E-state index in [1.54, 1.807) is 7.11 Å². The van der Waals surface area contributed by atoms with Crippen LogP contribution in [0.25, 0.3) is 0 Å². The van der Waals surface area contributed by atoms with Gasteiger partial charge >= 0.3 is 0 Å². The lowest BCUT2D eigenvalue weighted by atomic mass is 10.0. The standard InChI is InChI=1S/C9H17NO4S2/c1-9(3-6-16(11,12)7-9)10-8(15)14-5-4-13-2/h3-7H2,1-2H3,(H,10,15)/t9-/m1/s1. The molecular weight excluding hydrogens is 250 g/mol. The molecule has 1 aliphatic rings. The second-order valence-corrected chi connectivity index (χ2v) is 6.71. The van der Waals surface area contributed by atoms with Crippen LogP contribution in [0.4, 0.5) is 0 Å². The highest BCUT2D eigenvalue weighted by Gasteiger charge is 2.39. The highest BCUT2D eigenvalue weighted by atomic mass is 32.2. The molecule has 16 heavy (non-hydrogen) atoms. The van der Waals surface area contributed by atoms with E-state index < -0.39 is 15.4 Å². The van der Waals surface area contributed by atoms with Crippen LogP contribution < -0.4 is 5.32 Å². The van der Waals surface area contributed by atoms with E-state index in [0.29, 0.717) is 19.6 Å². The molecule has 0 aromatic rings. The summed E-state index contributed by atoms with van der Waals surface area (Å²) in [5.41, 5.74) is -0.497. The van der Waals surface area contributed by atoms with Crippen molar-refractivity contribution in [1.82, 2.24) is 5.32 Å². The van der Waals surface area contributed by atoms with Gasteiger partial charge in [0, 0.05) is 7.11 Å². The van der Waals surface area contributed by atoms with Gasteiger partial charge in [-0.3, -0.25) is 0 Å². The molecule has 1 atom stereocenters. The van der Waals surface area contributed by atoms with E-state index in [1.807, 2.05) is 6.92 Å². The molecule has 0 aliphatic carbocycles. The molecule has 5 nitrogen and oxygen atoms in total. The number of thiocarbonyl (C=S) groups is 1. The van der Waals surface area contributed by atoms with E-state index in [4.69, 9.17) is 21.7 Å². The lowest BCUT2D eigenvalue weighted by Gasteiger charge is -2.25. The van der Waals surface area contributed by atoms with Gasteiger partial charge in [0.1, 0.15) is 6.61 Å². The summed E-state index contributed by atoms with van der Waals surface area (Å²) >= 11 is 4.97. The maximum Gasteiger partial charge on any atom is 0.257 e. The zero-order valence-electron chi connectivity index (χ0n) is 9.49. The summed E-state index contributed by atoms with van der Waals surface area (Å²) in [5.74, 6) is 0.310. The van der Waals surface area contributed by atoms with E-state index in [1.165, 1.54) is 0 Å². The van der Waals surface area contributed by atoms with Gasteiger partial charge in [0.2, 0.25) is 0 Å².